The van der Waals surface area contributed by atoms with Crippen molar-refractivity contribution in [2.75, 3.05) is 17.2 Å². The monoisotopic (exact) mass is 244 g/mol. The first-order chi connectivity index (χ1) is 7.89. The highest BCUT2D eigenvalue weighted by Crippen LogP contribution is 2.35. The van der Waals surface area contributed by atoms with Crippen LogP contribution in [0.5, 0.6) is 0 Å². The Balaban J connectivity index is 2.35. The Bertz CT molecular complexity index is 457. The SMILES string of the molecule is Nc1cc(C(F)(F)F)ccc1N1CCCC1=O. The maximum atomic E-state index is 12.4. The summed E-state index contributed by atoms with van der Waals surface area (Å²) in [5, 5.41) is 0. The van der Waals surface area contributed by atoms with Crippen molar-refractivity contribution in [1.29, 1.82) is 0 Å². The van der Waals surface area contributed by atoms with Crippen LogP contribution in [0, 0.1) is 0 Å². The number of rotatable bonds is 1. The molecule has 0 aromatic heterocycles. The number of carbonyl (C=O) groups excluding carboxylic acids is 1. The van der Waals surface area contributed by atoms with E-state index in [9.17, 15) is 18.0 Å². The lowest BCUT2D eigenvalue weighted by Crippen LogP contribution is -2.24. The Morgan fingerprint density at radius 3 is 2.47 bits per heavy atom. The second kappa shape index (κ2) is 3.94. The highest BCUT2D eigenvalue weighted by molar-refractivity contribution is 5.98. The Kier molecular flexibility index (Phi) is 2.73. The summed E-state index contributed by atoms with van der Waals surface area (Å²) in [6.45, 7) is 0.508. The van der Waals surface area contributed by atoms with Crippen molar-refractivity contribution in [1.82, 2.24) is 0 Å². The summed E-state index contributed by atoms with van der Waals surface area (Å²) >= 11 is 0. The predicted octanol–water partition coefficient (Wildman–Crippen LogP) is 2.41. The van der Waals surface area contributed by atoms with Gasteiger partial charge in [-0.25, -0.2) is 0 Å². The molecule has 3 nitrogen and oxygen atoms in total. The number of halogens is 3. The van der Waals surface area contributed by atoms with Gasteiger partial charge in [-0.05, 0) is 24.6 Å². The molecule has 1 saturated heterocycles. The zero-order chi connectivity index (χ0) is 12.6. The van der Waals surface area contributed by atoms with Gasteiger partial charge in [-0.15, -0.1) is 0 Å². The highest BCUT2D eigenvalue weighted by atomic mass is 19.4. The van der Waals surface area contributed by atoms with Crippen LogP contribution in [0.15, 0.2) is 18.2 Å². The number of hydrogen-bond acceptors (Lipinski definition) is 2. The standard InChI is InChI=1S/C11H11F3N2O/c12-11(13,14)7-3-4-9(8(15)6-7)16-5-1-2-10(16)17/h3-4,6H,1-2,5,15H2. The number of anilines is 2. The van der Waals surface area contributed by atoms with E-state index in [-0.39, 0.29) is 11.6 Å². The molecule has 17 heavy (non-hydrogen) atoms. The lowest BCUT2D eigenvalue weighted by Gasteiger charge is -2.19. The van der Waals surface area contributed by atoms with E-state index < -0.39 is 11.7 Å². The molecule has 0 saturated carbocycles. The number of nitrogen functional groups attached to an aromatic ring is 1. The topological polar surface area (TPSA) is 46.3 Å². The van der Waals surface area contributed by atoms with Crippen molar-refractivity contribution >= 4 is 17.3 Å². The zero-order valence-corrected chi connectivity index (χ0v) is 8.92. The Morgan fingerprint density at radius 2 is 2.00 bits per heavy atom. The van der Waals surface area contributed by atoms with Crippen molar-refractivity contribution in [3.63, 3.8) is 0 Å². The molecule has 2 N–H and O–H groups in total. The molecule has 0 bridgehead atoms. The van der Waals surface area contributed by atoms with E-state index in [1.165, 1.54) is 11.0 Å². The van der Waals surface area contributed by atoms with Crippen molar-refractivity contribution in [2.24, 2.45) is 0 Å². The van der Waals surface area contributed by atoms with Gasteiger partial charge in [0.1, 0.15) is 0 Å². The number of hydrogen-bond donors (Lipinski definition) is 1. The molecule has 1 aliphatic heterocycles. The second-order valence-corrected chi connectivity index (χ2v) is 3.92. The van der Waals surface area contributed by atoms with Crippen LogP contribution in [0.25, 0.3) is 0 Å². The van der Waals surface area contributed by atoms with Crippen LogP contribution in [0.3, 0.4) is 0 Å². The van der Waals surface area contributed by atoms with Gasteiger partial charge in [0.2, 0.25) is 5.91 Å². The highest BCUT2D eigenvalue weighted by Gasteiger charge is 2.32. The number of nitrogens with zero attached hydrogens (tertiary/aromatic N) is 1. The molecule has 1 aliphatic rings. The van der Waals surface area contributed by atoms with Crippen LogP contribution in [-0.2, 0) is 11.0 Å². The minimum atomic E-state index is -4.42. The quantitative estimate of drug-likeness (QED) is 0.771. The third-order valence-electron chi connectivity index (χ3n) is 2.72. The second-order valence-electron chi connectivity index (χ2n) is 3.92. The molecule has 1 amide bonds. The number of benzene rings is 1. The summed E-state index contributed by atoms with van der Waals surface area (Å²) in [5.41, 5.74) is 5.11. The van der Waals surface area contributed by atoms with E-state index in [0.717, 1.165) is 12.1 Å². The molecule has 0 radical (unpaired) electrons. The van der Waals surface area contributed by atoms with Gasteiger partial charge >= 0.3 is 6.18 Å². The van der Waals surface area contributed by atoms with E-state index in [2.05, 4.69) is 0 Å². The minimum absolute atomic E-state index is 0.0184. The van der Waals surface area contributed by atoms with E-state index >= 15 is 0 Å². The summed E-state index contributed by atoms with van der Waals surface area (Å²) in [6.07, 6.45) is -3.29. The molecule has 6 heteroatoms. The lowest BCUT2D eigenvalue weighted by molar-refractivity contribution is -0.137. The first-order valence-corrected chi connectivity index (χ1v) is 5.16. The van der Waals surface area contributed by atoms with Gasteiger partial charge in [0.25, 0.3) is 0 Å². The lowest BCUT2D eigenvalue weighted by atomic mass is 10.1. The molecule has 0 spiro atoms. The molecule has 0 atom stereocenters. The van der Waals surface area contributed by atoms with Crippen LogP contribution in [0.4, 0.5) is 24.5 Å². The molecular weight excluding hydrogens is 233 g/mol. The van der Waals surface area contributed by atoms with Crippen molar-refractivity contribution < 1.29 is 18.0 Å². The normalized spacial score (nSPS) is 16.6. The summed E-state index contributed by atoms with van der Waals surface area (Å²) in [6, 6.07) is 3.06. The smallest absolute Gasteiger partial charge is 0.397 e. The van der Waals surface area contributed by atoms with Gasteiger partial charge in [-0.1, -0.05) is 0 Å². The van der Waals surface area contributed by atoms with E-state index in [1.54, 1.807) is 0 Å². The maximum Gasteiger partial charge on any atom is 0.416 e. The largest absolute Gasteiger partial charge is 0.416 e. The fraction of sp³-hybridized carbons (Fsp3) is 0.364. The Hall–Kier alpha value is -1.72. The average molecular weight is 244 g/mol. The first-order valence-electron chi connectivity index (χ1n) is 5.16. The molecule has 2 rings (SSSR count). The van der Waals surface area contributed by atoms with Gasteiger partial charge < -0.3 is 10.6 Å². The molecule has 1 aromatic carbocycles. The van der Waals surface area contributed by atoms with Crippen LogP contribution < -0.4 is 10.6 Å². The third-order valence-corrected chi connectivity index (χ3v) is 2.72. The number of alkyl halides is 3. The van der Waals surface area contributed by atoms with Crippen LogP contribution in [0.2, 0.25) is 0 Å². The fourth-order valence-corrected chi connectivity index (χ4v) is 1.88. The summed E-state index contributed by atoms with van der Waals surface area (Å²) < 4.78 is 37.3. The molecule has 92 valence electrons. The van der Waals surface area contributed by atoms with Gasteiger partial charge in [0.05, 0.1) is 16.9 Å². The summed E-state index contributed by atoms with van der Waals surface area (Å²) in [7, 11) is 0. The van der Waals surface area contributed by atoms with Gasteiger partial charge in [0.15, 0.2) is 0 Å². The predicted molar refractivity (Wildman–Crippen MR) is 57.4 cm³/mol. The van der Waals surface area contributed by atoms with E-state index in [4.69, 9.17) is 5.73 Å². The van der Waals surface area contributed by atoms with Gasteiger partial charge in [-0.3, -0.25) is 4.79 Å². The van der Waals surface area contributed by atoms with Gasteiger partial charge in [-0.2, -0.15) is 13.2 Å². The van der Waals surface area contributed by atoms with Crippen molar-refractivity contribution in [3.8, 4) is 0 Å². The van der Waals surface area contributed by atoms with E-state index in [0.29, 0.717) is 25.1 Å². The number of carbonyl (C=O) groups is 1. The van der Waals surface area contributed by atoms with Crippen LogP contribution in [-0.4, -0.2) is 12.5 Å². The van der Waals surface area contributed by atoms with Crippen LogP contribution in [0.1, 0.15) is 18.4 Å². The maximum absolute atomic E-state index is 12.4. The summed E-state index contributed by atoms with van der Waals surface area (Å²) in [5.74, 6) is -0.101. The molecule has 0 unspecified atom stereocenters. The molecule has 1 fully saturated rings. The minimum Gasteiger partial charge on any atom is -0.397 e. The Morgan fingerprint density at radius 1 is 1.29 bits per heavy atom. The average Bonchev–Trinajstić information content (AvgIpc) is 2.63. The van der Waals surface area contributed by atoms with Crippen molar-refractivity contribution in [3.05, 3.63) is 23.8 Å². The Labute approximate surface area is 96.0 Å². The van der Waals surface area contributed by atoms with Crippen LogP contribution >= 0.6 is 0 Å². The fourth-order valence-electron chi connectivity index (χ4n) is 1.88. The van der Waals surface area contributed by atoms with Crippen molar-refractivity contribution in [2.45, 2.75) is 19.0 Å². The molecule has 1 aromatic rings. The first kappa shape index (κ1) is 11.8. The molecule has 1 heterocycles. The number of amides is 1. The third kappa shape index (κ3) is 2.20. The molecular formula is C11H11F3N2O. The van der Waals surface area contributed by atoms with Gasteiger partial charge in [0, 0.05) is 13.0 Å². The zero-order valence-electron chi connectivity index (χ0n) is 8.92. The van der Waals surface area contributed by atoms with E-state index in [1.807, 2.05) is 0 Å². The molecule has 0 aliphatic carbocycles. The summed E-state index contributed by atoms with van der Waals surface area (Å²) in [4.78, 5) is 12.9. The number of nitrogens with two attached hydrogens (primary N) is 1.